The van der Waals surface area contributed by atoms with E-state index >= 15 is 0 Å². The predicted molar refractivity (Wildman–Crippen MR) is 65.1 cm³/mol. The number of likely N-dealkylation sites (tertiary alicyclic amines) is 2. The van der Waals surface area contributed by atoms with E-state index in [1.54, 1.807) is 0 Å². The molecule has 2 fully saturated rings. The Morgan fingerprint density at radius 3 is 2.27 bits per heavy atom. The van der Waals surface area contributed by atoms with Crippen molar-refractivity contribution >= 4 is 0 Å². The van der Waals surface area contributed by atoms with Crippen molar-refractivity contribution in [1.29, 1.82) is 0 Å². The van der Waals surface area contributed by atoms with Gasteiger partial charge in [-0.3, -0.25) is 9.80 Å². The van der Waals surface area contributed by atoms with Gasteiger partial charge in [0.2, 0.25) is 0 Å². The molecule has 2 rings (SSSR count). The molecule has 0 bridgehead atoms. The number of nitrogens with zero attached hydrogens (tertiary/aromatic N) is 2. The molecular weight excluding hydrogens is 184 g/mol. The largest absolute Gasteiger partial charge is 0.299 e. The number of fused-ring (bicyclic) bond motifs is 1. The summed E-state index contributed by atoms with van der Waals surface area (Å²) in [5.41, 5.74) is 0.947. The van der Waals surface area contributed by atoms with E-state index in [1.165, 1.54) is 32.5 Å². The maximum atomic E-state index is 2.64. The molecule has 0 radical (unpaired) electrons. The van der Waals surface area contributed by atoms with Crippen LogP contribution in [0.4, 0.5) is 0 Å². The van der Waals surface area contributed by atoms with Gasteiger partial charge in [0.05, 0.1) is 0 Å². The molecule has 88 valence electrons. The smallest absolute Gasteiger partial charge is 0.0359 e. The first-order chi connectivity index (χ1) is 6.89. The Bertz CT molecular complexity index is 251. The Morgan fingerprint density at radius 2 is 1.67 bits per heavy atom. The van der Waals surface area contributed by atoms with Crippen molar-refractivity contribution in [2.45, 2.75) is 52.1 Å². The quantitative estimate of drug-likeness (QED) is 0.654. The third-order valence-corrected chi connectivity index (χ3v) is 5.33. The molecule has 0 amide bonds. The van der Waals surface area contributed by atoms with Gasteiger partial charge in [0, 0.05) is 18.1 Å². The van der Waals surface area contributed by atoms with E-state index in [0.29, 0.717) is 17.0 Å². The highest BCUT2D eigenvalue weighted by molar-refractivity contribution is 5.09. The molecule has 0 unspecified atom stereocenters. The minimum Gasteiger partial charge on any atom is -0.299 e. The van der Waals surface area contributed by atoms with E-state index in [9.17, 15) is 0 Å². The molecule has 2 nitrogen and oxygen atoms in total. The molecule has 0 saturated carbocycles. The van der Waals surface area contributed by atoms with Crippen LogP contribution in [0.3, 0.4) is 0 Å². The summed E-state index contributed by atoms with van der Waals surface area (Å²) >= 11 is 0. The summed E-state index contributed by atoms with van der Waals surface area (Å²) in [6, 6.07) is 0.695. The van der Waals surface area contributed by atoms with Crippen LogP contribution in [-0.4, -0.2) is 48.1 Å². The first-order valence-corrected chi connectivity index (χ1v) is 6.34. The van der Waals surface area contributed by atoms with Crippen LogP contribution in [0.5, 0.6) is 0 Å². The summed E-state index contributed by atoms with van der Waals surface area (Å²) in [7, 11) is 2.30. The van der Waals surface area contributed by atoms with Crippen LogP contribution in [-0.2, 0) is 0 Å². The van der Waals surface area contributed by atoms with Gasteiger partial charge in [-0.25, -0.2) is 0 Å². The highest BCUT2D eigenvalue weighted by Gasteiger charge is 2.54. The second kappa shape index (κ2) is 3.46. The van der Waals surface area contributed by atoms with Gasteiger partial charge in [-0.2, -0.15) is 0 Å². The maximum Gasteiger partial charge on any atom is 0.0359 e. The van der Waals surface area contributed by atoms with Crippen LogP contribution in [0.1, 0.15) is 40.5 Å². The fourth-order valence-electron chi connectivity index (χ4n) is 3.40. The maximum absolute atomic E-state index is 2.64. The van der Waals surface area contributed by atoms with Crippen molar-refractivity contribution in [2.24, 2.45) is 5.41 Å². The molecule has 15 heavy (non-hydrogen) atoms. The second-order valence-electron chi connectivity index (χ2n) is 6.32. The van der Waals surface area contributed by atoms with E-state index in [4.69, 9.17) is 0 Å². The van der Waals surface area contributed by atoms with Crippen LogP contribution in [0, 0.1) is 5.41 Å². The Labute approximate surface area is 94.6 Å². The van der Waals surface area contributed by atoms with Gasteiger partial charge in [-0.1, -0.05) is 6.92 Å². The lowest BCUT2D eigenvalue weighted by molar-refractivity contribution is -0.0225. The third-order valence-electron chi connectivity index (χ3n) is 5.33. The zero-order valence-electron chi connectivity index (χ0n) is 11.0. The topological polar surface area (TPSA) is 6.48 Å². The van der Waals surface area contributed by atoms with E-state index < -0.39 is 0 Å². The molecule has 0 aromatic heterocycles. The molecule has 2 aliphatic rings. The summed E-state index contributed by atoms with van der Waals surface area (Å²) in [4.78, 5) is 5.23. The first-order valence-electron chi connectivity index (χ1n) is 6.34. The molecule has 0 aromatic rings. The number of hydrogen-bond acceptors (Lipinski definition) is 2. The predicted octanol–water partition coefficient (Wildman–Crippen LogP) is 2.20. The van der Waals surface area contributed by atoms with Crippen LogP contribution in [0.25, 0.3) is 0 Å². The molecule has 2 saturated heterocycles. The molecular formula is C13H26N2. The van der Waals surface area contributed by atoms with Gasteiger partial charge in [0.1, 0.15) is 0 Å². The number of piperidine rings is 1. The van der Waals surface area contributed by atoms with Gasteiger partial charge in [0.15, 0.2) is 0 Å². The van der Waals surface area contributed by atoms with Gasteiger partial charge in [-0.05, 0) is 59.2 Å². The molecule has 2 aliphatic heterocycles. The summed E-state index contributed by atoms with van der Waals surface area (Å²) < 4.78 is 0. The van der Waals surface area contributed by atoms with E-state index in [1.807, 2.05) is 0 Å². The molecule has 0 aliphatic carbocycles. The second-order valence-corrected chi connectivity index (χ2v) is 6.32. The van der Waals surface area contributed by atoms with Gasteiger partial charge in [-0.15, -0.1) is 0 Å². The van der Waals surface area contributed by atoms with E-state index in [2.05, 4.69) is 44.5 Å². The van der Waals surface area contributed by atoms with Crippen molar-refractivity contribution in [2.75, 3.05) is 26.7 Å². The lowest BCUT2D eigenvalue weighted by Gasteiger charge is -2.53. The summed E-state index contributed by atoms with van der Waals surface area (Å²) in [6.07, 6.45) is 2.75. The van der Waals surface area contributed by atoms with E-state index in [0.717, 1.165) is 0 Å². The Kier molecular flexibility index (Phi) is 2.63. The number of likely N-dealkylation sites (N-methyl/N-ethyl adjacent to an activating group) is 1. The van der Waals surface area contributed by atoms with Crippen molar-refractivity contribution < 1.29 is 0 Å². The first kappa shape index (κ1) is 11.4. The average molecular weight is 210 g/mol. The number of rotatable bonds is 1. The molecule has 0 N–H and O–H groups in total. The zero-order valence-corrected chi connectivity index (χ0v) is 11.0. The fraction of sp³-hybridized carbons (Fsp3) is 1.00. The molecule has 2 heterocycles. The molecule has 0 aromatic carbocycles. The Morgan fingerprint density at radius 1 is 1.07 bits per heavy atom. The normalized spacial score (nSPS) is 43.6. The van der Waals surface area contributed by atoms with Crippen LogP contribution >= 0.6 is 0 Å². The SMILES string of the molecule is CC(C)N1CC[C@]2(C)CCN(C)[C@]2(C)C1. The van der Waals surface area contributed by atoms with Crippen LogP contribution in [0.15, 0.2) is 0 Å². The van der Waals surface area contributed by atoms with Gasteiger partial charge >= 0.3 is 0 Å². The summed E-state index contributed by atoms with van der Waals surface area (Å²) in [6.45, 7) is 13.4. The minimum atomic E-state index is 0.398. The van der Waals surface area contributed by atoms with E-state index in [-0.39, 0.29) is 0 Å². The Balaban J connectivity index is 2.21. The van der Waals surface area contributed by atoms with Crippen LogP contribution in [0.2, 0.25) is 0 Å². The summed E-state index contributed by atoms with van der Waals surface area (Å²) in [5.74, 6) is 0. The molecule has 2 heteroatoms. The fourth-order valence-corrected chi connectivity index (χ4v) is 3.40. The monoisotopic (exact) mass is 210 g/mol. The van der Waals surface area contributed by atoms with Crippen molar-refractivity contribution in [3.8, 4) is 0 Å². The minimum absolute atomic E-state index is 0.398. The lowest BCUT2D eigenvalue weighted by Crippen LogP contribution is -2.61. The third kappa shape index (κ3) is 1.53. The standard InChI is InChI=1S/C13H26N2/c1-11(2)15-9-7-12(3)6-8-14(5)13(12,4)10-15/h11H,6-10H2,1-5H3/t12-,13+/m0/s1. The van der Waals surface area contributed by atoms with Crippen molar-refractivity contribution in [3.63, 3.8) is 0 Å². The zero-order chi connectivity index (χ0) is 11.3. The van der Waals surface area contributed by atoms with Crippen molar-refractivity contribution in [1.82, 2.24) is 9.80 Å². The molecule has 0 spiro atoms. The highest BCUT2D eigenvalue weighted by Crippen LogP contribution is 2.50. The van der Waals surface area contributed by atoms with Gasteiger partial charge in [0.25, 0.3) is 0 Å². The Hall–Kier alpha value is -0.0800. The van der Waals surface area contributed by atoms with Crippen LogP contribution < -0.4 is 0 Å². The highest BCUT2D eigenvalue weighted by atomic mass is 15.3. The molecule has 2 atom stereocenters. The summed E-state index contributed by atoms with van der Waals surface area (Å²) in [5, 5.41) is 0. The van der Waals surface area contributed by atoms with Gasteiger partial charge < -0.3 is 0 Å². The lowest BCUT2D eigenvalue weighted by atomic mass is 9.67. The van der Waals surface area contributed by atoms with Crippen molar-refractivity contribution in [3.05, 3.63) is 0 Å². The number of hydrogen-bond donors (Lipinski definition) is 0. The average Bonchev–Trinajstić information content (AvgIpc) is 2.40.